The highest BCUT2D eigenvalue weighted by Gasteiger charge is 2.37. The molecule has 0 saturated heterocycles. The van der Waals surface area contributed by atoms with Crippen LogP contribution < -0.4 is 19.8 Å². The molecule has 1 atom stereocenters. The molecule has 2 aliphatic rings. The normalized spacial score (nSPS) is 18.1. The summed E-state index contributed by atoms with van der Waals surface area (Å²) in [5.41, 5.74) is 3.24. The Balaban J connectivity index is 1.78. The minimum atomic E-state index is -0.696. The van der Waals surface area contributed by atoms with Crippen molar-refractivity contribution in [3.8, 4) is 0 Å². The van der Waals surface area contributed by atoms with Crippen LogP contribution in [0.1, 0.15) is 50.8 Å². The number of hydrogen-bond donors (Lipinski definition) is 0. The number of amides is 1. The molecule has 8 heteroatoms. The second-order valence-electron chi connectivity index (χ2n) is 8.74. The van der Waals surface area contributed by atoms with Crippen LogP contribution in [0.5, 0.6) is 0 Å². The molecule has 0 bridgehead atoms. The van der Waals surface area contributed by atoms with Crippen LogP contribution in [-0.4, -0.2) is 29.6 Å². The van der Waals surface area contributed by atoms with Crippen molar-refractivity contribution >= 4 is 34.5 Å². The van der Waals surface area contributed by atoms with Crippen molar-refractivity contribution in [2.45, 2.75) is 39.7 Å². The fraction of sp³-hybridized carbons (Fsp3) is 0.286. The average Bonchev–Trinajstić information content (AvgIpc) is 3.34. The van der Waals surface area contributed by atoms with E-state index in [0.29, 0.717) is 32.7 Å². The van der Waals surface area contributed by atoms with Gasteiger partial charge in [0.05, 0.1) is 35.2 Å². The Morgan fingerprint density at radius 2 is 1.78 bits per heavy atom. The molecule has 0 fully saturated rings. The number of thiazole rings is 1. The van der Waals surface area contributed by atoms with Gasteiger partial charge in [0.25, 0.3) is 11.5 Å². The first-order valence-corrected chi connectivity index (χ1v) is 13.0. The first-order chi connectivity index (χ1) is 17.5. The summed E-state index contributed by atoms with van der Waals surface area (Å²) in [4.78, 5) is 47.5. The van der Waals surface area contributed by atoms with E-state index in [1.165, 1.54) is 15.9 Å². The number of anilines is 1. The number of allylic oxidation sites excluding steroid dienone is 1. The third-order valence-electron chi connectivity index (χ3n) is 6.49. The van der Waals surface area contributed by atoms with Crippen molar-refractivity contribution in [2.75, 3.05) is 18.1 Å². The second kappa shape index (κ2) is 9.70. The van der Waals surface area contributed by atoms with E-state index in [-0.39, 0.29) is 18.1 Å². The number of hydrogen-bond acceptors (Lipinski definition) is 6. The number of carbonyl (C=O) groups excluding carboxylic acids is 2. The second-order valence-corrected chi connectivity index (χ2v) is 9.71. The zero-order chi connectivity index (χ0) is 25.4. The Kier molecular flexibility index (Phi) is 6.45. The molecule has 0 spiro atoms. The maximum atomic E-state index is 14.0. The Morgan fingerprint density at radius 1 is 1.06 bits per heavy atom. The molecule has 7 nitrogen and oxygen atoms in total. The minimum Gasteiger partial charge on any atom is -0.463 e. The molecule has 0 N–H and O–H groups in total. The lowest BCUT2D eigenvalue weighted by Crippen LogP contribution is -2.41. The summed E-state index contributed by atoms with van der Waals surface area (Å²) >= 11 is 1.19. The first kappa shape index (κ1) is 23.9. The number of aromatic nitrogens is 1. The van der Waals surface area contributed by atoms with E-state index in [1.54, 1.807) is 18.7 Å². The van der Waals surface area contributed by atoms with Crippen molar-refractivity contribution in [2.24, 2.45) is 4.99 Å². The summed E-state index contributed by atoms with van der Waals surface area (Å²) < 4.78 is 7.22. The van der Waals surface area contributed by atoms with Crippen LogP contribution in [0, 0.1) is 0 Å². The van der Waals surface area contributed by atoms with E-state index < -0.39 is 12.0 Å². The van der Waals surface area contributed by atoms with E-state index in [9.17, 15) is 14.4 Å². The molecule has 0 radical (unpaired) electrons. The largest absolute Gasteiger partial charge is 0.463 e. The lowest BCUT2D eigenvalue weighted by Gasteiger charge is -2.24. The molecule has 184 valence electrons. The first-order valence-electron chi connectivity index (χ1n) is 12.2. The molecule has 3 heterocycles. The van der Waals surface area contributed by atoms with Gasteiger partial charge < -0.3 is 9.64 Å². The molecular formula is C28H27N3O4S. The fourth-order valence-corrected chi connectivity index (χ4v) is 5.97. The van der Waals surface area contributed by atoms with Crippen molar-refractivity contribution in [1.82, 2.24) is 4.57 Å². The van der Waals surface area contributed by atoms with Crippen LogP contribution in [0.15, 0.2) is 75.7 Å². The van der Waals surface area contributed by atoms with Gasteiger partial charge >= 0.3 is 5.97 Å². The third-order valence-corrected chi connectivity index (χ3v) is 7.55. The number of benzene rings is 2. The van der Waals surface area contributed by atoms with Crippen LogP contribution in [-0.2, 0) is 14.3 Å². The number of unbranched alkanes of at least 4 members (excludes halogenated alkanes) is 1. The van der Waals surface area contributed by atoms with E-state index in [1.807, 2.05) is 54.6 Å². The summed E-state index contributed by atoms with van der Waals surface area (Å²) in [6.45, 7) is 6.39. The summed E-state index contributed by atoms with van der Waals surface area (Å²) in [7, 11) is 0. The van der Waals surface area contributed by atoms with E-state index in [2.05, 4.69) is 11.9 Å². The van der Waals surface area contributed by atoms with Gasteiger partial charge in [0.2, 0.25) is 0 Å². The molecule has 0 saturated carbocycles. The number of nitrogens with zero attached hydrogens (tertiary/aromatic N) is 3. The predicted molar refractivity (Wildman–Crippen MR) is 139 cm³/mol. The summed E-state index contributed by atoms with van der Waals surface area (Å²) in [6, 6.07) is 16.3. The molecular weight excluding hydrogens is 474 g/mol. The summed E-state index contributed by atoms with van der Waals surface area (Å²) in [6.07, 6.45) is 1.82. The van der Waals surface area contributed by atoms with Gasteiger partial charge in [-0.3, -0.25) is 14.2 Å². The smallest absolute Gasteiger partial charge is 0.338 e. The van der Waals surface area contributed by atoms with Gasteiger partial charge in [0.1, 0.15) is 4.53 Å². The topological polar surface area (TPSA) is 81.0 Å². The summed E-state index contributed by atoms with van der Waals surface area (Å²) in [5, 5.41) is 0. The van der Waals surface area contributed by atoms with Crippen molar-refractivity contribution in [3.63, 3.8) is 0 Å². The Hall–Kier alpha value is -3.78. The number of fused-ring (bicyclic) bond motifs is 2. The Bertz CT molecular complexity index is 1570. The van der Waals surface area contributed by atoms with Crippen LogP contribution in [0.2, 0.25) is 0 Å². The molecule has 0 aliphatic carbocycles. The van der Waals surface area contributed by atoms with Crippen LogP contribution in [0.25, 0.3) is 5.57 Å². The zero-order valence-electron chi connectivity index (χ0n) is 20.5. The molecule has 3 aromatic rings. The number of carbonyl (C=O) groups is 2. The number of rotatable bonds is 6. The molecule has 36 heavy (non-hydrogen) atoms. The van der Waals surface area contributed by atoms with Gasteiger partial charge in [-0.05, 0) is 31.9 Å². The number of esters is 1. The van der Waals surface area contributed by atoms with Gasteiger partial charge in [0.15, 0.2) is 4.80 Å². The monoisotopic (exact) mass is 501 g/mol. The molecule has 2 aliphatic heterocycles. The highest BCUT2D eigenvalue weighted by Crippen LogP contribution is 2.35. The third kappa shape index (κ3) is 3.82. The quantitative estimate of drug-likeness (QED) is 0.486. The van der Waals surface area contributed by atoms with Crippen LogP contribution in [0.3, 0.4) is 0 Å². The zero-order valence-corrected chi connectivity index (χ0v) is 21.3. The van der Waals surface area contributed by atoms with E-state index >= 15 is 0 Å². The van der Waals surface area contributed by atoms with Gasteiger partial charge in [0, 0.05) is 12.1 Å². The minimum absolute atomic E-state index is 0.174. The van der Waals surface area contributed by atoms with Crippen molar-refractivity contribution in [1.29, 1.82) is 0 Å². The Labute approximate surface area is 212 Å². The SMILES string of the molecule is CCCCN1C(=O)/C(=c2/sc3n(c2=O)[C@H](c2ccccc2)C(C(=O)OCC)=C(C)N=3)c2ccccc21. The molecule has 0 unspecified atom stereocenters. The highest BCUT2D eigenvalue weighted by atomic mass is 32.1. The van der Waals surface area contributed by atoms with Crippen molar-refractivity contribution < 1.29 is 14.3 Å². The molecule has 2 aromatic carbocycles. The standard InChI is InChI=1S/C28H27N3O4S/c1-4-6-16-30-20-15-11-10-14-19(20)22(25(30)32)24-26(33)31-23(18-12-8-7-9-13-18)21(27(34)35-5-2)17(3)29-28(31)36-24/h7-15,23H,4-6,16H2,1-3H3/b24-22+/t23-/m1/s1. The number of ether oxygens (including phenoxy) is 1. The maximum Gasteiger partial charge on any atom is 0.338 e. The van der Waals surface area contributed by atoms with Gasteiger partial charge in [-0.25, -0.2) is 9.79 Å². The molecule has 1 aromatic heterocycles. The average molecular weight is 502 g/mol. The number of para-hydroxylation sites is 1. The van der Waals surface area contributed by atoms with Gasteiger partial charge in [-0.15, -0.1) is 0 Å². The highest BCUT2D eigenvalue weighted by molar-refractivity contribution is 7.07. The lowest BCUT2D eigenvalue weighted by atomic mass is 9.96. The molecule has 5 rings (SSSR count). The van der Waals surface area contributed by atoms with E-state index in [4.69, 9.17) is 4.74 Å². The van der Waals surface area contributed by atoms with Gasteiger partial charge in [-0.2, -0.15) is 0 Å². The molecule has 1 amide bonds. The fourth-order valence-electron chi connectivity index (χ4n) is 4.83. The van der Waals surface area contributed by atoms with Crippen molar-refractivity contribution in [3.05, 3.63) is 96.7 Å². The van der Waals surface area contributed by atoms with Gasteiger partial charge in [-0.1, -0.05) is 73.2 Å². The maximum absolute atomic E-state index is 14.0. The van der Waals surface area contributed by atoms with Crippen LogP contribution >= 0.6 is 11.3 Å². The predicted octanol–water partition coefficient (Wildman–Crippen LogP) is 3.32. The van der Waals surface area contributed by atoms with E-state index in [0.717, 1.165) is 29.7 Å². The lowest BCUT2D eigenvalue weighted by molar-refractivity contribution is -0.139. The Morgan fingerprint density at radius 3 is 2.50 bits per heavy atom. The van der Waals surface area contributed by atoms with Crippen LogP contribution in [0.4, 0.5) is 5.69 Å². The summed E-state index contributed by atoms with van der Waals surface area (Å²) in [5.74, 6) is -0.675.